The van der Waals surface area contributed by atoms with Gasteiger partial charge in [-0.3, -0.25) is 4.79 Å². The third kappa shape index (κ3) is 5.74. The monoisotopic (exact) mass is 372 g/mol. The highest BCUT2D eigenvalue weighted by Gasteiger charge is 2.02. The summed E-state index contributed by atoms with van der Waals surface area (Å²) >= 11 is 0. The van der Waals surface area contributed by atoms with Gasteiger partial charge in [0.1, 0.15) is 5.75 Å². The minimum absolute atomic E-state index is 0.186. The van der Waals surface area contributed by atoms with E-state index in [9.17, 15) is 4.79 Å². The highest BCUT2D eigenvalue weighted by atomic mass is 16.5. The fourth-order valence-corrected chi connectivity index (χ4v) is 2.64. The van der Waals surface area contributed by atoms with Crippen LogP contribution < -0.4 is 15.4 Å². The summed E-state index contributed by atoms with van der Waals surface area (Å²) < 4.78 is 5.71. The number of ether oxygens (including phenoxy) is 1. The molecule has 0 fully saturated rings. The van der Waals surface area contributed by atoms with Crippen molar-refractivity contribution in [3.63, 3.8) is 0 Å². The van der Waals surface area contributed by atoms with E-state index in [0.717, 1.165) is 34.8 Å². The number of hydrogen-bond acceptors (Lipinski definition) is 3. The van der Waals surface area contributed by atoms with Gasteiger partial charge in [-0.15, -0.1) is 0 Å². The van der Waals surface area contributed by atoms with E-state index in [1.54, 1.807) is 6.08 Å². The van der Waals surface area contributed by atoms with Gasteiger partial charge in [-0.1, -0.05) is 43.3 Å². The number of anilines is 3. The van der Waals surface area contributed by atoms with Crippen LogP contribution in [0.15, 0.2) is 84.9 Å². The molecule has 3 aromatic rings. The molecule has 0 aliphatic heterocycles. The molecule has 3 rings (SSSR count). The Kier molecular flexibility index (Phi) is 6.85. The number of benzene rings is 3. The zero-order valence-corrected chi connectivity index (χ0v) is 15.9. The van der Waals surface area contributed by atoms with E-state index in [1.807, 2.05) is 78.9 Å². The molecule has 0 bridgehead atoms. The summed E-state index contributed by atoms with van der Waals surface area (Å²) in [5.74, 6) is 0.596. The predicted molar refractivity (Wildman–Crippen MR) is 116 cm³/mol. The molecule has 0 atom stereocenters. The lowest BCUT2D eigenvalue weighted by atomic mass is 10.2. The normalized spacial score (nSPS) is 10.6. The Bertz CT molecular complexity index is 919. The Morgan fingerprint density at radius 1 is 0.857 bits per heavy atom. The zero-order valence-electron chi connectivity index (χ0n) is 15.9. The third-order valence-corrected chi connectivity index (χ3v) is 4.01. The molecule has 28 heavy (non-hydrogen) atoms. The molecule has 1 amide bonds. The van der Waals surface area contributed by atoms with E-state index in [0.29, 0.717) is 6.61 Å². The fourth-order valence-electron chi connectivity index (χ4n) is 2.64. The van der Waals surface area contributed by atoms with Crippen LogP contribution >= 0.6 is 0 Å². The summed E-state index contributed by atoms with van der Waals surface area (Å²) in [4.78, 5) is 12.2. The summed E-state index contributed by atoms with van der Waals surface area (Å²) in [5.41, 5.74) is 3.60. The van der Waals surface area contributed by atoms with Crippen LogP contribution in [0.2, 0.25) is 0 Å². The summed E-state index contributed by atoms with van der Waals surface area (Å²) in [5, 5.41) is 6.19. The number of amides is 1. The van der Waals surface area contributed by atoms with Crippen molar-refractivity contribution in [1.29, 1.82) is 0 Å². The highest BCUT2D eigenvalue weighted by molar-refractivity contribution is 6.02. The van der Waals surface area contributed by atoms with E-state index in [2.05, 4.69) is 17.6 Å². The molecular formula is C24H24N2O2. The molecular weight excluding hydrogens is 348 g/mol. The molecule has 0 heterocycles. The Morgan fingerprint density at radius 3 is 2.25 bits per heavy atom. The Hall–Kier alpha value is -3.53. The Labute approximate surface area is 165 Å². The molecule has 4 heteroatoms. The molecule has 0 saturated carbocycles. The molecule has 0 aromatic heterocycles. The second kappa shape index (κ2) is 9.97. The van der Waals surface area contributed by atoms with Crippen molar-refractivity contribution in [2.45, 2.75) is 13.3 Å². The van der Waals surface area contributed by atoms with Gasteiger partial charge in [0, 0.05) is 28.7 Å². The molecule has 2 N–H and O–H groups in total. The van der Waals surface area contributed by atoms with Crippen LogP contribution in [0.1, 0.15) is 18.9 Å². The second-order valence-corrected chi connectivity index (χ2v) is 6.28. The molecule has 0 radical (unpaired) electrons. The van der Waals surface area contributed by atoms with Gasteiger partial charge in [-0.2, -0.15) is 0 Å². The molecule has 0 unspecified atom stereocenters. The van der Waals surface area contributed by atoms with E-state index in [1.165, 1.54) is 6.08 Å². The van der Waals surface area contributed by atoms with Crippen LogP contribution in [-0.2, 0) is 4.79 Å². The van der Waals surface area contributed by atoms with E-state index >= 15 is 0 Å². The van der Waals surface area contributed by atoms with Gasteiger partial charge in [0.05, 0.1) is 6.61 Å². The summed E-state index contributed by atoms with van der Waals surface area (Å²) in [7, 11) is 0. The van der Waals surface area contributed by atoms with Gasteiger partial charge in [0.2, 0.25) is 5.91 Å². The molecule has 142 valence electrons. The molecule has 4 nitrogen and oxygen atoms in total. The summed E-state index contributed by atoms with van der Waals surface area (Å²) in [6, 6.07) is 25.2. The predicted octanol–water partition coefficient (Wildman–Crippen LogP) is 5.87. The summed E-state index contributed by atoms with van der Waals surface area (Å²) in [6.45, 7) is 2.72. The number of carbonyl (C=O) groups excluding carboxylic acids is 1. The maximum Gasteiger partial charge on any atom is 0.248 e. The van der Waals surface area contributed by atoms with Crippen LogP contribution in [0.5, 0.6) is 5.75 Å². The molecule has 0 saturated heterocycles. The van der Waals surface area contributed by atoms with Gasteiger partial charge >= 0.3 is 0 Å². The largest absolute Gasteiger partial charge is 0.493 e. The second-order valence-electron chi connectivity index (χ2n) is 6.28. The first kappa shape index (κ1) is 19.2. The van der Waals surface area contributed by atoms with Crippen LogP contribution in [0, 0.1) is 0 Å². The van der Waals surface area contributed by atoms with Crippen LogP contribution in [0.3, 0.4) is 0 Å². The molecule has 3 aromatic carbocycles. The van der Waals surface area contributed by atoms with Gasteiger partial charge in [0.15, 0.2) is 0 Å². The lowest BCUT2D eigenvalue weighted by molar-refractivity contribution is -0.111. The smallest absolute Gasteiger partial charge is 0.248 e. The van der Waals surface area contributed by atoms with Gasteiger partial charge in [-0.05, 0) is 55.0 Å². The zero-order chi connectivity index (χ0) is 19.6. The number of nitrogens with one attached hydrogen (secondary N) is 2. The quantitative estimate of drug-likeness (QED) is 0.486. The first-order valence-electron chi connectivity index (χ1n) is 9.37. The standard InChI is InChI=1S/C24H24N2O2/c1-2-18-28-23-11-7-6-8-19(23)12-17-24(27)26-22-15-13-21(14-16-22)25-20-9-4-3-5-10-20/h3-17,25H,2,18H2,1H3,(H,26,27)/b17-12+. The minimum atomic E-state index is -0.186. The lowest BCUT2D eigenvalue weighted by Gasteiger charge is -2.08. The first-order valence-corrected chi connectivity index (χ1v) is 9.37. The molecule has 0 aliphatic rings. The number of rotatable bonds is 8. The Morgan fingerprint density at radius 2 is 1.50 bits per heavy atom. The van der Waals surface area contributed by atoms with Crippen molar-refractivity contribution in [2.75, 3.05) is 17.2 Å². The van der Waals surface area contributed by atoms with Crippen molar-refractivity contribution in [1.82, 2.24) is 0 Å². The van der Waals surface area contributed by atoms with Crippen molar-refractivity contribution >= 4 is 29.0 Å². The lowest BCUT2D eigenvalue weighted by Crippen LogP contribution is -2.07. The average molecular weight is 372 g/mol. The van der Waals surface area contributed by atoms with Crippen LogP contribution in [0.4, 0.5) is 17.1 Å². The van der Waals surface area contributed by atoms with Crippen molar-refractivity contribution < 1.29 is 9.53 Å². The first-order chi connectivity index (χ1) is 13.7. The van der Waals surface area contributed by atoms with Gasteiger partial charge < -0.3 is 15.4 Å². The third-order valence-electron chi connectivity index (χ3n) is 4.01. The van der Waals surface area contributed by atoms with Crippen LogP contribution in [-0.4, -0.2) is 12.5 Å². The van der Waals surface area contributed by atoms with Gasteiger partial charge in [-0.25, -0.2) is 0 Å². The average Bonchev–Trinajstić information content (AvgIpc) is 2.73. The maximum absolute atomic E-state index is 12.2. The molecule has 0 aliphatic carbocycles. The number of para-hydroxylation sites is 2. The number of carbonyl (C=O) groups is 1. The van der Waals surface area contributed by atoms with Crippen molar-refractivity contribution in [3.8, 4) is 5.75 Å². The van der Waals surface area contributed by atoms with Gasteiger partial charge in [0.25, 0.3) is 0 Å². The number of hydrogen-bond donors (Lipinski definition) is 2. The van der Waals surface area contributed by atoms with E-state index in [-0.39, 0.29) is 5.91 Å². The fraction of sp³-hybridized carbons (Fsp3) is 0.125. The van der Waals surface area contributed by atoms with Crippen LogP contribution in [0.25, 0.3) is 6.08 Å². The topological polar surface area (TPSA) is 50.4 Å². The van der Waals surface area contributed by atoms with Crippen molar-refractivity contribution in [3.05, 3.63) is 90.5 Å². The summed E-state index contributed by atoms with van der Waals surface area (Å²) in [6.07, 6.45) is 4.23. The Balaban J connectivity index is 1.58. The minimum Gasteiger partial charge on any atom is -0.493 e. The SMILES string of the molecule is CCCOc1ccccc1/C=C/C(=O)Nc1ccc(Nc2ccccc2)cc1. The van der Waals surface area contributed by atoms with E-state index < -0.39 is 0 Å². The van der Waals surface area contributed by atoms with E-state index in [4.69, 9.17) is 4.74 Å². The maximum atomic E-state index is 12.2. The highest BCUT2D eigenvalue weighted by Crippen LogP contribution is 2.21. The van der Waals surface area contributed by atoms with Crippen molar-refractivity contribution in [2.24, 2.45) is 0 Å². The molecule has 0 spiro atoms.